The lowest BCUT2D eigenvalue weighted by Crippen LogP contribution is -2.21. The quantitative estimate of drug-likeness (QED) is 0.926. The van der Waals surface area contributed by atoms with E-state index in [-0.39, 0.29) is 0 Å². The van der Waals surface area contributed by atoms with Crippen LogP contribution in [0.4, 0.5) is 0 Å². The normalized spacial score (nSPS) is 18.6. The molecule has 0 aliphatic carbocycles. The van der Waals surface area contributed by atoms with Crippen molar-refractivity contribution in [2.45, 2.75) is 25.3 Å². The summed E-state index contributed by atoms with van der Waals surface area (Å²) in [6, 6.07) is 3.62. The van der Waals surface area contributed by atoms with Crippen LogP contribution < -0.4 is 0 Å². The molecule has 3 heterocycles. The number of fused-ring (bicyclic) bond motifs is 1. The first kappa shape index (κ1) is 11.5. The molecule has 1 atom stereocenters. The third-order valence-electron chi connectivity index (χ3n) is 3.21. The van der Waals surface area contributed by atoms with Crippen molar-refractivity contribution in [3.63, 3.8) is 0 Å². The molecule has 0 aromatic carbocycles. The predicted molar refractivity (Wildman–Crippen MR) is 67.2 cm³/mol. The molecule has 2 aromatic heterocycles. The van der Waals surface area contributed by atoms with Crippen molar-refractivity contribution in [3.05, 3.63) is 28.7 Å². The van der Waals surface area contributed by atoms with Crippen LogP contribution in [0.5, 0.6) is 0 Å². The van der Waals surface area contributed by atoms with E-state index in [2.05, 4.69) is 20.9 Å². The molecule has 0 spiro atoms. The molecular weight excluding hydrogens is 300 g/mol. The zero-order valence-electron chi connectivity index (χ0n) is 9.47. The zero-order chi connectivity index (χ0) is 12.7. The van der Waals surface area contributed by atoms with Gasteiger partial charge in [0.25, 0.3) is 0 Å². The largest absolute Gasteiger partial charge is 0.481 e. The lowest BCUT2D eigenvalue weighted by atomic mass is 9.96. The van der Waals surface area contributed by atoms with Gasteiger partial charge in [0.2, 0.25) is 0 Å². The van der Waals surface area contributed by atoms with Gasteiger partial charge in [0, 0.05) is 12.7 Å². The SMILES string of the molecule is O=C(O)C1CCCn2c1cnc2-c1ccc(Br)o1. The van der Waals surface area contributed by atoms with Crippen molar-refractivity contribution in [2.24, 2.45) is 0 Å². The molecule has 3 rings (SSSR count). The lowest BCUT2D eigenvalue weighted by Gasteiger charge is -2.21. The Hall–Kier alpha value is -1.56. The maximum atomic E-state index is 11.2. The molecule has 18 heavy (non-hydrogen) atoms. The summed E-state index contributed by atoms with van der Waals surface area (Å²) in [6.07, 6.45) is 3.15. The fraction of sp³-hybridized carbons (Fsp3) is 0.333. The van der Waals surface area contributed by atoms with Gasteiger partial charge in [0.1, 0.15) is 0 Å². The number of imidazole rings is 1. The monoisotopic (exact) mass is 310 g/mol. The summed E-state index contributed by atoms with van der Waals surface area (Å²) in [7, 11) is 0. The van der Waals surface area contributed by atoms with Crippen LogP contribution in [0, 0.1) is 0 Å². The maximum Gasteiger partial charge on any atom is 0.312 e. The van der Waals surface area contributed by atoms with Crippen LogP contribution in [0.2, 0.25) is 0 Å². The number of rotatable bonds is 2. The molecule has 1 unspecified atom stereocenters. The van der Waals surface area contributed by atoms with Crippen LogP contribution in [-0.2, 0) is 11.3 Å². The van der Waals surface area contributed by atoms with Gasteiger partial charge >= 0.3 is 5.97 Å². The van der Waals surface area contributed by atoms with Crippen molar-refractivity contribution in [1.29, 1.82) is 0 Å². The minimum absolute atomic E-state index is 0.460. The second-order valence-corrected chi connectivity index (χ2v) is 5.08. The topological polar surface area (TPSA) is 68.3 Å². The molecule has 5 nitrogen and oxygen atoms in total. The average molecular weight is 311 g/mol. The van der Waals surface area contributed by atoms with Gasteiger partial charge in [-0.1, -0.05) is 0 Å². The highest BCUT2D eigenvalue weighted by atomic mass is 79.9. The molecule has 6 heteroatoms. The number of aromatic nitrogens is 2. The molecule has 0 amide bonds. The second-order valence-electron chi connectivity index (χ2n) is 4.30. The van der Waals surface area contributed by atoms with Gasteiger partial charge in [-0.25, -0.2) is 4.98 Å². The average Bonchev–Trinajstić information content (AvgIpc) is 2.93. The minimum atomic E-state index is -0.789. The summed E-state index contributed by atoms with van der Waals surface area (Å²) in [5, 5.41) is 9.20. The molecule has 0 bridgehead atoms. The first-order valence-electron chi connectivity index (χ1n) is 5.71. The van der Waals surface area contributed by atoms with Crippen molar-refractivity contribution >= 4 is 21.9 Å². The molecule has 0 saturated heterocycles. The van der Waals surface area contributed by atoms with Crippen LogP contribution in [-0.4, -0.2) is 20.6 Å². The molecule has 2 aromatic rings. The van der Waals surface area contributed by atoms with Crippen LogP contribution in [0.15, 0.2) is 27.4 Å². The summed E-state index contributed by atoms with van der Waals surface area (Å²) < 4.78 is 8.05. The van der Waals surface area contributed by atoms with Gasteiger partial charge in [-0.3, -0.25) is 4.79 Å². The summed E-state index contributed by atoms with van der Waals surface area (Å²) in [4.78, 5) is 15.5. The van der Waals surface area contributed by atoms with Crippen molar-refractivity contribution in [3.8, 4) is 11.6 Å². The number of carboxylic acid groups (broad SMARTS) is 1. The fourth-order valence-electron chi connectivity index (χ4n) is 2.38. The van der Waals surface area contributed by atoms with E-state index >= 15 is 0 Å². The first-order chi connectivity index (χ1) is 8.66. The zero-order valence-corrected chi connectivity index (χ0v) is 11.1. The van der Waals surface area contributed by atoms with E-state index in [9.17, 15) is 9.90 Å². The van der Waals surface area contributed by atoms with E-state index < -0.39 is 11.9 Å². The van der Waals surface area contributed by atoms with Crippen molar-refractivity contribution in [2.75, 3.05) is 0 Å². The molecule has 0 radical (unpaired) electrons. The van der Waals surface area contributed by atoms with E-state index in [1.54, 1.807) is 12.3 Å². The standard InChI is InChI=1S/C12H11BrN2O3/c13-10-4-3-9(18-10)11-14-6-8-7(12(16)17)2-1-5-15(8)11/h3-4,6-7H,1-2,5H2,(H,16,17). The smallest absolute Gasteiger partial charge is 0.312 e. The minimum Gasteiger partial charge on any atom is -0.481 e. The number of nitrogens with zero attached hydrogens (tertiary/aromatic N) is 2. The number of carbonyl (C=O) groups is 1. The Balaban J connectivity index is 2.07. The first-order valence-corrected chi connectivity index (χ1v) is 6.50. The van der Waals surface area contributed by atoms with E-state index in [1.807, 2.05) is 10.6 Å². The molecule has 0 saturated carbocycles. The third kappa shape index (κ3) is 1.77. The van der Waals surface area contributed by atoms with Crippen LogP contribution in [0.1, 0.15) is 24.5 Å². The van der Waals surface area contributed by atoms with Gasteiger partial charge < -0.3 is 14.1 Å². The van der Waals surface area contributed by atoms with Crippen LogP contribution >= 0.6 is 15.9 Å². The lowest BCUT2D eigenvalue weighted by molar-refractivity contribution is -0.139. The van der Waals surface area contributed by atoms with Gasteiger partial charge in [-0.2, -0.15) is 0 Å². The highest BCUT2D eigenvalue weighted by Crippen LogP contribution is 2.33. The van der Waals surface area contributed by atoms with E-state index in [0.717, 1.165) is 18.7 Å². The summed E-state index contributed by atoms with van der Waals surface area (Å²) in [5.41, 5.74) is 0.760. The third-order valence-corrected chi connectivity index (χ3v) is 3.64. The van der Waals surface area contributed by atoms with E-state index in [1.165, 1.54) is 0 Å². The van der Waals surface area contributed by atoms with E-state index in [0.29, 0.717) is 22.7 Å². The van der Waals surface area contributed by atoms with Gasteiger partial charge in [0.05, 0.1) is 11.6 Å². The highest BCUT2D eigenvalue weighted by molar-refractivity contribution is 9.10. The Bertz CT molecular complexity index is 602. The van der Waals surface area contributed by atoms with Gasteiger partial charge in [0.15, 0.2) is 16.3 Å². The number of furan rings is 1. The Kier molecular flexibility index (Phi) is 2.74. The Morgan fingerprint density at radius 3 is 3.06 bits per heavy atom. The molecule has 94 valence electrons. The predicted octanol–water partition coefficient (Wildman–Crippen LogP) is 2.87. The molecule has 1 aliphatic rings. The summed E-state index contributed by atoms with van der Waals surface area (Å²) in [6.45, 7) is 0.784. The molecular formula is C12H11BrN2O3. The molecule has 1 aliphatic heterocycles. The van der Waals surface area contributed by atoms with Crippen molar-refractivity contribution in [1.82, 2.24) is 9.55 Å². The number of carboxylic acids is 1. The van der Waals surface area contributed by atoms with Crippen LogP contribution in [0.25, 0.3) is 11.6 Å². The highest BCUT2D eigenvalue weighted by Gasteiger charge is 2.29. The summed E-state index contributed by atoms with van der Waals surface area (Å²) >= 11 is 3.25. The Labute approximate surface area is 112 Å². The second kappa shape index (κ2) is 4.28. The molecule has 0 fully saturated rings. The van der Waals surface area contributed by atoms with Gasteiger partial charge in [-0.05, 0) is 40.9 Å². The van der Waals surface area contributed by atoms with Crippen molar-refractivity contribution < 1.29 is 14.3 Å². The Morgan fingerprint density at radius 2 is 2.39 bits per heavy atom. The number of hydrogen-bond donors (Lipinski definition) is 1. The fourth-order valence-corrected chi connectivity index (χ4v) is 2.69. The molecule has 1 N–H and O–H groups in total. The van der Waals surface area contributed by atoms with Crippen LogP contribution in [0.3, 0.4) is 0 Å². The summed E-state index contributed by atoms with van der Waals surface area (Å²) in [5.74, 6) is 0.0993. The number of hydrogen-bond acceptors (Lipinski definition) is 3. The Morgan fingerprint density at radius 1 is 1.56 bits per heavy atom. The van der Waals surface area contributed by atoms with E-state index in [4.69, 9.17) is 4.42 Å². The maximum absolute atomic E-state index is 11.2. The number of aliphatic carboxylic acids is 1. The van der Waals surface area contributed by atoms with Gasteiger partial charge in [-0.15, -0.1) is 0 Å². The number of halogens is 1.